The van der Waals surface area contributed by atoms with E-state index in [-0.39, 0.29) is 11.4 Å². The number of carbonyl (C=O) groups is 1. The van der Waals surface area contributed by atoms with Crippen LogP contribution in [0.15, 0.2) is 79.1 Å². The van der Waals surface area contributed by atoms with Crippen LogP contribution in [-0.2, 0) is 5.41 Å². The van der Waals surface area contributed by atoms with Gasteiger partial charge in [0.05, 0.1) is 17.6 Å². The first kappa shape index (κ1) is 27.2. The van der Waals surface area contributed by atoms with Crippen LogP contribution >= 0.6 is 0 Å². The Hall–Kier alpha value is -4.37. The van der Waals surface area contributed by atoms with Crippen LogP contribution in [0.3, 0.4) is 0 Å². The Morgan fingerprint density at radius 3 is 2.42 bits per heavy atom. The van der Waals surface area contributed by atoms with Crippen molar-refractivity contribution in [3.8, 4) is 22.9 Å². The van der Waals surface area contributed by atoms with Crippen molar-refractivity contribution in [2.24, 2.45) is 0 Å². The molecule has 1 saturated heterocycles. The van der Waals surface area contributed by atoms with Crippen molar-refractivity contribution >= 4 is 17.5 Å². The van der Waals surface area contributed by atoms with Gasteiger partial charge in [0.1, 0.15) is 29.7 Å². The number of urea groups is 1. The summed E-state index contributed by atoms with van der Waals surface area (Å²) in [4.78, 5) is 19.5. The monoisotopic (exact) mass is 540 g/mol. The van der Waals surface area contributed by atoms with E-state index >= 15 is 0 Å². The number of anilines is 2. The van der Waals surface area contributed by atoms with Crippen molar-refractivity contribution in [2.75, 3.05) is 36.9 Å². The van der Waals surface area contributed by atoms with Crippen LogP contribution < -0.4 is 20.1 Å². The standard InChI is InChI=1S/C31H36N6O3/c1-31(2,3)28-21-29(34-30(38)33-23-11-13-25(14-12-23)40-27-10-7-15-32-22-27)37(35-28)24-8-6-9-26(20-24)39-19-18-36-16-4-5-17-36/h6-15,20-22H,4-5,16-19H2,1-3H3,(H2,33,34,38). The predicted molar refractivity (Wildman–Crippen MR) is 157 cm³/mol. The maximum absolute atomic E-state index is 13.0. The molecule has 208 valence electrons. The fraction of sp³-hybridized carbons (Fsp3) is 0.323. The minimum atomic E-state index is -0.374. The van der Waals surface area contributed by atoms with Gasteiger partial charge in [0.25, 0.3) is 0 Å². The van der Waals surface area contributed by atoms with Gasteiger partial charge in [0.15, 0.2) is 0 Å². The Morgan fingerprint density at radius 1 is 0.925 bits per heavy atom. The molecule has 0 aliphatic carbocycles. The number of hydrogen-bond donors (Lipinski definition) is 2. The van der Waals surface area contributed by atoms with E-state index in [0.717, 1.165) is 36.8 Å². The molecule has 0 spiro atoms. The van der Waals surface area contributed by atoms with Crippen LogP contribution in [0.5, 0.6) is 17.2 Å². The van der Waals surface area contributed by atoms with Gasteiger partial charge in [-0.15, -0.1) is 0 Å². The average Bonchev–Trinajstić information content (AvgIpc) is 3.61. The molecule has 0 bridgehead atoms. The summed E-state index contributed by atoms with van der Waals surface area (Å²) in [5, 5.41) is 10.7. The topological polar surface area (TPSA) is 93.5 Å². The molecule has 5 rings (SSSR count). The zero-order valence-electron chi connectivity index (χ0n) is 23.3. The van der Waals surface area contributed by atoms with E-state index in [1.807, 2.05) is 42.5 Å². The highest BCUT2D eigenvalue weighted by atomic mass is 16.5. The molecular formula is C31H36N6O3. The Morgan fingerprint density at radius 2 is 1.70 bits per heavy atom. The molecular weight excluding hydrogens is 504 g/mol. The van der Waals surface area contributed by atoms with E-state index in [2.05, 4.69) is 41.3 Å². The number of ether oxygens (including phenoxy) is 2. The number of pyridine rings is 1. The number of nitrogens with zero attached hydrogens (tertiary/aromatic N) is 4. The lowest BCUT2D eigenvalue weighted by Gasteiger charge is -2.16. The third kappa shape index (κ3) is 7.18. The van der Waals surface area contributed by atoms with Crippen molar-refractivity contribution in [2.45, 2.75) is 39.0 Å². The zero-order valence-corrected chi connectivity index (χ0v) is 23.3. The average molecular weight is 541 g/mol. The number of amides is 2. The third-order valence-corrected chi connectivity index (χ3v) is 6.64. The summed E-state index contributed by atoms with van der Waals surface area (Å²) < 4.78 is 13.6. The summed E-state index contributed by atoms with van der Waals surface area (Å²) in [6.07, 6.45) is 5.86. The summed E-state index contributed by atoms with van der Waals surface area (Å²) in [6, 6.07) is 20.1. The van der Waals surface area contributed by atoms with Gasteiger partial charge >= 0.3 is 6.03 Å². The largest absolute Gasteiger partial charge is 0.492 e. The quantitative estimate of drug-likeness (QED) is 0.253. The Balaban J connectivity index is 1.27. The van der Waals surface area contributed by atoms with Crippen molar-refractivity contribution in [3.05, 3.63) is 84.8 Å². The smallest absolute Gasteiger partial charge is 0.324 e. The molecule has 1 aliphatic rings. The van der Waals surface area contributed by atoms with Crippen molar-refractivity contribution in [1.29, 1.82) is 0 Å². The molecule has 40 heavy (non-hydrogen) atoms. The highest BCUT2D eigenvalue weighted by molar-refractivity contribution is 5.99. The minimum Gasteiger partial charge on any atom is -0.492 e. The first-order valence-corrected chi connectivity index (χ1v) is 13.7. The molecule has 4 aromatic rings. The van der Waals surface area contributed by atoms with Gasteiger partial charge < -0.3 is 14.8 Å². The second kappa shape index (κ2) is 12.2. The molecule has 1 fully saturated rings. The fourth-order valence-electron chi connectivity index (χ4n) is 4.47. The lowest BCUT2D eigenvalue weighted by atomic mass is 9.92. The first-order chi connectivity index (χ1) is 19.3. The first-order valence-electron chi connectivity index (χ1n) is 13.7. The summed E-state index contributed by atoms with van der Waals surface area (Å²) in [6.45, 7) is 10.1. The lowest BCUT2D eigenvalue weighted by Crippen LogP contribution is -2.25. The fourth-order valence-corrected chi connectivity index (χ4v) is 4.47. The SMILES string of the molecule is CC(C)(C)c1cc(NC(=O)Nc2ccc(Oc3cccnc3)cc2)n(-c2cccc(OCCN3CCCC3)c2)n1. The second-order valence-electron chi connectivity index (χ2n) is 10.9. The number of aromatic nitrogens is 3. The molecule has 9 nitrogen and oxygen atoms in total. The number of nitrogens with one attached hydrogen (secondary N) is 2. The minimum absolute atomic E-state index is 0.202. The van der Waals surface area contributed by atoms with Gasteiger partial charge in [-0.2, -0.15) is 5.10 Å². The van der Waals surface area contributed by atoms with Gasteiger partial charge in [-0.05, 0) is 74.5 Å². The van der Waals surface area contributed by atoms with E-state index < -0.39 is 0 Å². The molecule has 3 heterocycles. The van der Waals surface area contributed by atoms with Crippen LogP contribution in [0.25, 0.3) is 5.69 Å². The highest BCUT2D eigenvalue weighted by Gasteiger charge is 2.22. The van der Waals surface area contributed by atoms with Gasteiger partial charge in [-0.25, -0.2) is 9.48 Å². The van der Waals surface area contributed by atoms with Crippen molar-refractivity contribution in [3.63, 3.8) is 0 Å². The van der Waals surface area contributed by atoms with Crippen LogP contribution in [0.4, 0.5) is 16.3 Å². The third-order valence-electron chi connectivity index (χ3n) is 6.64. The summed E-state index contributed by atoms with van der Waals surface area (Å²) in [5.74, 6) is 2.63. The normalized spacial score (nSPS) is 13.7. The summed E-state index contributed by atoms with van der Waals surface area (Å²) in [7, 11) is 0. The Bertz CT molecular complexity index is 1410. The number of hydrogen-bond acceptors (Lipinski definition) is 6. The molecule has 0 unspecified atom stereocenters. The number of rotatable bonds is 9. The van der Waals surface area contributed by atoms with Gasteiger partial charge in [-0.1, -0.05) is 26.8 Å². The second-order valence-corrected chi connectivity index (χ2v) is 10.9. The summed E-state index contributed by atoms with van der Waals surface area (Å²) >= 11 is 0. The maximum Gasteiger partial charge on any atom is 0.324 e. The van der Waals surface area contributed by atoms with E-state index in [0.29, 0.717) is 29.6 Å². The molecule has 2 aromatic heterocycles. The van der Waals surface area contributed by atoms with Crippen LogP contribution in [-0.4, -0.2) is 51.9 Å². The number of likely N-dealkylation sites (tertiary alicyclic amines) is 1. The van der Waals surface area contributed by atoms with Gasteiger partial charge in [-0.3, -0.25) is 15.2 Å². The van der Waals surface area contributed by atoms with E-state index in [9.17, 15) is 4.79 Å². The number of carbonyl (C=O) groups excluding carboxylic acids is 1. The van der Waals surface area contributed by atoms with Crippen molar-refractivity contribution < 1.29 is 14.3 Å². The highest BCUT2D eigenvalue weighted by Crippen LogP contribution is 2.28. The predicted octanol–water partition coefficient (Wildman–Crippen LogP) is 6.48. The zero-order chi connectivity index (χ0) is 28.0. The van der Waals surface area contributed by atoms with Gasteiger partial charge in [0.2, 0.25) is 0 Å². The number of benzene rings is 2. The van der Waals surface area contributed by atoms with Crippen LogP contribution in [0.2, 0.25) is 0 Å². The van der Waals surface area contributed by atoms with Crippen molar-refractivity contribution in [1.82, 2.24) is 19.7 Å². The maximum atomic E-state index is 13.0. The molecule has 2 N–H and O–H groups in total. The molecule has 0 saturated carbocycles. The Labute approximate surface area is 235 Å². The molecule has 2 amide bonds. The lowest BCUT2D eigenvalue weighted by molar-refractivity contribution is 0.238. The molecule has 2 aromatic carbocycles. The molecule has 0 radical (unpaired) electrons. The van der Waals surface area contributed by atoms with Crippen LogP contribution in [0.1, 0.15) is 39.3 Å². The molecule has 0 atom stereocenters. The van der Waals surface area contributed by atoms with E-state index in [1.54, 1.807) is 41.3 Å². The van der Waals surface area contributed by atoms with Gasteiger partial charge in [0, 0.05) is 36.0 Å². The molecule has 1 aliphatic heterocycles. The Kier molecular flexibility index (Phi) is 8.31. The van der Waals surface area contributed by atoms with E-state index in [1.165, 1.54) is 12.8 Å². The molecule has 9 heteroatoms. The van der Waals surface area contributed by atoms with Crippen LogP contribution in [0, 0.1) is 0 Å². The summed E-state index contributed by atoms with van der Waals surface area (Å²) in [5.41, 5.74) is 2.10. The van der Waals surface area contributed by atoms with E-state index in [4.69, 9.17) is 14.6 Å².